The fraction of sp³-hybridized carbons (Fsp3) is 0.0714. The smallest absolute Gasteiger partial charge is 0.311 e. The Labute approximate surface area is 120 Å². The molecule has 1 amide bonds. The Morgan fingerprint density at radius 3 is 2.62 bits per heavy atom. The Kier molecular flexibility index (Phi) is 4.15. The molecule has 0 aromatic heterocycles. The topological polar surface area (TPSA) is 118 Å². The van der Waals surface area contributed by atoms with E-state index >= 15 is 0 Å². The van der Waals surface area contributed by atoms with Crippen molar-refractivity contribution in [2.45, 2.75) is 6.54 Å². The molecular formula is C14H13N3O4. The van der Waals surface area contributed by atoms with Crippen LogP contribution in [0.25, 0.3) is 0 Å². The molecule has 0 heterocycles. The van der Waals surface area contributed by atoms with Gasteiger partial charge < -0.3 is 16.2 Å². The third kappa shape index (κ3) is 2.98. The Morgan fingerprint density at radius 2 is 1.95 bits per heavy atom. The predicted molar refractivity (Wildman–Crippen MR) is 77.0 cm³/mol. The third-order valence-corrected chi connectivity index (χ3v) is 2.94. The number of carbonyl (C=O) groups excluding carboxylic acids is 1. The van der Waals surface area contributed by atoms with E-state index in [1.54, 1.807) is 24.3 Å². The number of anilines is 1. The van der Waals surface area contributed by atoms with Gasteiger partial charge in [-0.3, -0.25) is 14.9 Å². The lowest BCUT2D eigenvalue weighted by atomic mass is 10.1. The van der Waals surface area contributed by atoms with Crippen molar-refractivity contribution in [3.63, 3.8) is 0 Å². The number of carbonyl (C=O) groups is 1. The van der Waals surface area contributed by atoms with Gasteiger partial charge in [-0.05, 0) is 17.7 Å². The second-order valence-corrected chi connectivity index (χ2v) is 4.25. The number of amides is 1. The number of nitrogens with two attached hydrogens (primary N) is 1. The first-order valence-electron chi connectivity index (χ1n) is 6.10. The molecule has 0 fully saturated rings. The summed E-state index contributed by atoms with van der Waals surface area (Å²) >= 11 is 0. The maximum absolute atomic E-state index is 12.1. The lowest BCUT2D eigenvalue weighted by Gasteiger charge is -2.10. The highest BCUT2D eigenvalue weighted by Crippen LogP contribution is 2.30. The molecule has 0 bridgehead atoms. The molecule has 7 nitrogen and oxygen atoms in total. The summed E-state index contributed by atoms with van der Waals surface area (Å²) in [5.41, 5.74) is 6.09. The number of benzene rings is 2. The van der Waals surface area contributed by atoms with E-state index in [0.717, 1.165) is 11.6 Å². The average Bonchev–Trinajstić information content (AvgIpc) is 2.47. The van der Waals surface area contributed by atoms with Crippen LogP contribution in [-0.2, 0) is 6.54 Å². The van der Waals surface area contributed by atoms with Gasteiger partial charge in [-0.15, -0.1) is 0 Å². The molecule has 0 unspecified atom stereocenters. The molecule has 0 aliphatic carbocycles. The van der Waals surface area contributed by atoms with E-state index in [1.165, 1.54) is 12.1 Å². The minimum Gasteiger partial charge on any atom is -0.502 e. The van der Waals surface area contributed by atoms with Crippen LogP contribution in [0.15, 0.2) is 42.5 Å². The molecule has 108 valence electrons. The summed E-state index contributed by atoms with van der Waals surface area (Å²) in [6.45, 7) is 0.234. The first-order valence-corrected chi connectivity index (χ1v) is 6.10. The maximum atomic E-state index is 12.1. The molecule has 0 aliphatic rings. The monoisotopic (exact) mass is 287 g/mol. The number of phenols is 1. The Balaban J connectivity index is 2.33. The largest absolute Gasteiger partial charge is 0.502 e. The molecule has 0 radical (unpaired) electrons. The van der Waals surface area contributed by atoms with Crippen molar-refractivity contribution in [3.05, 3.63) is 63.7 Å². The lowest BCUT2D eigenvalue weighted by Crippen LogP contribution is -2.14. The summed E-state index contributed by atoms with van der Waals surface area (Å²) in [6, 6.07) is 10.7. The van der Waals surface area contributed by atoms with E-state index in [-0.39, 0.29) is 12.1 Å². The molecule has 2 aromatic carbocycles. The van der Waals surface area contributed by atoms with Gasteiger partial charge in [0, 0.05) is 18.3 Å². The average molecular weight is 287 g/mol. The van der Waals surface area contributed by atoms with Crippen LogP contribution in [0.3, 0.4) is 0 Å². The van der Waals surface area contributed by atoms with Crippen LogP contribution in [0.5, 0.6) is 5.75 Å². The molecular weight excluding hydrogens is 274 g/mol. The summed E-state index contributed by atoms with van der Waals surface area (Å²) in [6.07, 6.45) is 0. The Morgan fingerprint density at radius 1 is 1.24 bits per heavy atom. The van der Waals surface area contributed by atoms with Crippen molar-refractivity contribution in [1.29, 1.82) is 0 Å². The fourth-order valence-electron chi connectivity index (χ4n) is 1.87. The number of nitro benzene ring substituents is 1. The van der Waals surface area contributed by atoms with Crippen molar-refractivity contribution < 1.29 is 14.8 Å². The fourth-order valence-corrected chi connectivity index (χ4v) is 1.87. The van der Waals surface area contributed by atoms with Crippen molar-refractivity contribution in [3.8, 4) is 5.75 Å². The van der Waals surface area contributed by atoms with Gasteiger partial charge in [0.25, 0.3) is 5.91 Å². The minimum absolute atomic E-state index is 0.170. The highest BCUT2D eigenvalue weighted by Gasteiger charge is 2.21. The summed E-state index contributed by atoms with van der Waals surface area (Å²) in [5.74, 6) is -1.30. The second kappa shape index (κ2) is 6.02. The molecule has 21 heavy (non-hydrogen) atoms. The normalized spacial score (nSPS) is 10.1. The quantitative estimate of drug-likeness (QED) is 0.587. The van der Waals surface area contributed by atoms with Crippen LogP contribution in [0.2, 0.25) is 0 Å². The van der Waals surface area contributed by atoms with Gasteiger partial charge in [-0.2, -0.15) is 0 Å². The van der Waals surface area contributed by atoms with Gasteiger partial charge in [0.2, 0.25) is 5.75 Å². The number of hydrogen-bond donors (Lipinski definition) is 3. The summed E-state index contributed by atoms with van der Waals surface area (Å²) in [4.78, 5) is 22.1. The van der Waals surface area contributed by atoms with E-state index in [4.69, 9.17) is 5.73 Å². The number of para-hydroxylation sites is 2. The van der Waals surface area contributed by atoms with Crippen LogP contribution in [0, 0.1) is 10.1 Å². The van der Waals surface area contributed by atoms with Crippen molar-refractivity contribution >= 4 is 17.3 Å². The molecule has 0 spiro atoms. The maximum Gasteiger partial charge on any atom is 0.311 e. The van der Waals surface area contributed by atoms with E-state index in [9.17, 15) is 20.0 Å². The highest BCUT2D eigenvalue weighted by molar-refractivity contribution is 6.07. The predicted octanol–water partition coefficient (Wildman–Crippen LogP) is 2.01. The molecule has 2 aromatic rings. The van der Waals surface area contributed by atoms with Crippen LogP contribution in [-0.4, -0.2) is 15.9 Å². The first-order chi connectivity index (χ1) is 10.0. The molecule has 0 saturated heterocycles. The zero-order valence-electron chi connectivity index (χ0n) is 10.9. The van der Waals surface area contributed by atoms with Gasteiger partial charge >= 0.3 is 5.69 Å². The van der Waals surface area contributed by atoms with Gasteiger partial charge in [0.05, 0.1) is 10.5 Å². The SMILES string of the molecule is NCc1ccccc1NC(=O)c1cccc([N+](=O)[O-])c1O. The molecule has 7 heteroatoms. The van der Waals surface area contributed by atoms with Gasteiger partial charge in [-0.25, -0.2) is 0 Å². The van der Waals surface area contributed by atoms with Gasteiger partial charge in [0.1, 0.15) is 0 Å². The molecule has 0 atom stereocenters. The van der Waals surface area contributed by atoms with E-state index in [1.807, 2.05) is 0 Å². The van der Waals surface area contributed by atoms with Crippen LogP contribution >= 0.6 is 0 Å². The number of phenolic OH excluding ortho intramolecular Hbond substituents is 1. The zero-order valence-corrected chi connectivity index (χ0v) is 10.9. The van der Waals surface area contributed by atoms with Crippen molar-refractivity contribution in [2.24, 2.45) is 5.73 Å². The first kappa shape index (κ1) is 14.5. The van der Waals surface area contributed by atoms with Crippen LogP contribution in [0.1, 0.15) is 15.9 Å². The van der Waals surface area contributed by atoms with E-state index in [2.05, 4.69) is 5.32 Å². The van der Waals surface area contributed by atoms with Crippen molar-refractivity contribution in [2.75, 3.05) is 5.32 Å². The highest BCUT2D eigenvalue weighted by atomic mass is 16.6. The molecule has 4 N–H and O–H groups in total. The molecule has 2 rings (SSSR count). The summed E-state index contributed by atoms with van der Waals surface area (Å²) < 4.78 is 0. The van der Waals surface area contributed by atoms with E-state index in [0.29, 0.717) is 5.69 Å². The second-order valence-electron chi connectivity index (χ2n) is 4.25. The number of aromatic hydroxyl groups is 1. The lowest BCUT2D eigenvalue weighted by molar-refractivity contribution is -0.385. The third-order valence-electron chi connectivity index (χ3n) is 2.94. The zero-order chi connectivity index (χ0) is 15.4. The standard InChI is InChI=1S/C14H13N3O4/c15-8-9-4-1-2-6-11(9)16-14(19)10-5-3-7-12(13(10)18)17(20)21/h1-7,18H,8,15H2,(H,16,19). The van der Waals surface area contributed by atoms with Crippen LogP contribution < -0.4 is 11.1 Å². The van der Waals surface area contributed by atoms with Gasteiger partial charge in [-0.1, -0.05) is 24.3 Å². The summed E-state index contributed by atoms with van der Waals surface area (Å²) in [7, 11) is 0. The van der Waals surface area contributed by atoms with Crippen molar-refractivity contribution in [1.82, 2.24) is 0 Å². The Bertz CT molecular complexity index is 700. The number of hydrogen-bond acceptors (Lipinski definition) is 5. The number of nitrogens with zero attached hydrogens (tertiary/aromatic N) is 1. The van der Waals surface area contributed by atoms with Crippen LogP contribution in [0.4, 0.5) is 11.4 Å². The van der Waals surface area contributed by atoms with Gasteiger partial charge in [0.15, 0.2) is 0 Å². The van der Waals surface area contributed by atoms with E-state index < -0.39 is 22.3 Å². The Hall–Kier alpha value is -2.93. The molecule has 0 saturated carbocycles. The minimum atomic E-state index is -0.750. The molecule has 0 aliphatic heterocycles. The number of nitro groups is 1. The number of rotatable bonds is 4. The summed E-state index contributed by atoms with van der Waals surface area (Å²) in [5, 5.41) is 23.1. The number of nitrogens with one attached hydrogen (secondary N) is 1.